The first kappa shape index (κ1) is 18.1. The monoisotopic (exact) mass is 384 g/mol. The molecule has 0 saturated heterocycles. The van der Waals surface area contributed by atoms with Crippen LogP contribution >= 0.6 is 11.3 Å². The number of amides is 1. The average molecular weight is 384 g/mol. The van der Waals surface area contributed by atoms with Crippen molar-refractivity contribution in [3.63, 3.8) is 0 Å². The molecule has 1 amide bonds. The fourth-order valence-electron chi connectivity index (χ4n) is 2.36. The van der Waals surface area contributed by atoms with Crippen LogP contribution in [0, 0.1) is 27.2 Å². The van der Waals surface area contributed by atoms with Gasteiger partial charge in [0, 0.05) is 40.3 Å². The van der Waals surface area contributed by atoms with E-state index in [0.717, 1.165) is 11.3 Å². The van der Waals surface area contributed by atoms with E-state index in [0.29, 0.717) is 16.8 Å². The first-order chi connectivity index (χ1) is 12.8. The van der Waals surface area contributed by atoms with Crippen LogP contribution in [0.1, 0.15) is 15.9 Å². The van der Waals surface area contributed by atoms with E-state index in [9.17, 15) is 25.0 Å². The fraction of sp³-hybridized carbons (Fsp3) is 0.0588. The predicted molar refractivity (Wildman–Crippen MR) is 100.0 cm³/mol. The average Bonchev–Trinajstić information content (AvgIpc) is 3.10. The molecular formula is C17H12N4O5S. The van der Waals surface area contributed by atoms with E-state index in [2.05, 4.69) is 10.3 Å². The quantitative estimate of drug-likeness (QED) is 0.519. The number of aromatic nitrogens is 1. The Morgan fingerprint density at radius 3 is 2.59 bits per heavy atom. The molecule has 1 aromatic heterocycles. The van der Waals surface area contributed by atoms with Crippen LogP contribution < -0.4 is 5.32 Å². The van der Waals surface area contributed by atoms with Crippen molar-refractivity contribution >= 4 is 33.8 Å². The van der Waals surface area contributed by atoms with Crippen LogP contribution in [0.3, 0.4) is 0 Å². The molecule has 10 heteroatoms. The van der Waals surface area contributed by atoms with Crippen molar-refractivity contribution in [1.29, 1.82) is 0 Å². The first-order valence-electron chi connectivity index (χ1n) is 7.62. The van der Waals surface area contributed by atoms with Gasteiger partial charge in [-0.3, -0.25) is 30.3 Å². The standard InChI is InChI=1S/C17H12N4O5S/c1-10-5-6-11(8-15(10)21(25)26)14-9-27-17(18-14)19-16(22)12-3-2-4-13(7-12)20(23)24/h2-9H,1H3,(H,18,19,22). The second kappa shape index (κ2) is 7.30. The summed E-state index contributed by atoms with van der Waals surface area (Å²) in [5.41, 5.74) is 1.51. The lowest BCUT2D eigenvalue weighted by Gasteiger charge is -2.02. The largest absolute Gasteiger partial charge is 0.298 e. The number of rotatable bonds is 5. The van der Waals surface area contributed by atoms with Crippen LogP contribution in [0.2, 0.25) is 0 Å². The fourth-order valence-corrected chi connectivity index (χ4v) is 3.07. The van der Waals surface area contributed by atoms with E-state index in [1.54, 1.807) is 24.4 Å². The van der Waals surface area contributed by atoms with E-state index < -0.39 is 15.8 Å². The summed E-state index contributed by atoms with van der Waals surface area (Å²) in [4.78, 5) is 37.4. The number of hydrogen-bond acceptors (Lipinski definition) is 7. The van der Waals surface area contributed by atoms with Crippen molar-refractivity contribution in [1.82, 2.24) is 4.98 Å². The Kier molecular flexibility index (Phi) is 4.90. The van der Waals surface area contributed by atoms with Gasteiger partial charge in [0.2, 0.25) is 0 Å². The topological polar surface area (TPSA) is 128 Å². The molecule has 1 heterocycles. The molecule has 0 spiro atoms. The van der Waals surface area contributed by atoms with Crippen LogP contribution in [0.4, 0.5) is 16.5 Å². The second-order valence-corrected chi connectivity index (χ2v) is 6.42. The molecule has 136 valence electrons. The zero-order valence-corrected chi connectivity index (χ0v) is 14.7. The van der Waals surface area contributed by atoms with Gasteiger partial charge in [-0.25, -0.2) is 4.98 Å². The second-order valence-electron chi connectivity index (χ2n) is 5.56. The predicted octanol–water partition coefficient (Wildman–Crippen LogP) is 4.19. The summed E-state index contributed by atoms with van der Waals surface area (Å²) >= 11 is 1.15. The van der Waals surface area contributed by atoms with Gasteiger partial charge in [-0.15, -0.1) is 11.3 Å². The van der Waals surface area contributed by atoms with Crippen LogP contribution in [-0.2, 0) is 0 Å². The van der Waals surface area contributed by atoms with Gasteiger partial charge < -0.3 is 0 Å². The number of benzene rings is 2. The molecule has 2 aromatic carbocycles. The molecule has 1 N–H and O–H groups in total. The number of carbonyl (C=O) groups excluding carboxylic acids is 1. The third-order valence-electron chi connectivity index (χ3n) is 3.75. The van der Waals surface area contributed by atoms with Gasteiger partial charge in [-0.05, 0) is 13.0 Å². The van der Waals surface area contributed by atoms with Crippen LogP contribution in [-0.4, -0.2) is 20.7 Å². The number of aryl methyl sites for hydroxylation is 1. The molecule has 0 aliphatic carbocycles. The van der Waals surface area contributed by atoms with Gasteiger partial charge in [0.15, 0.2) is 5.13 Å². The van der Waals surface area contributed by atoms with E-state index in [4.69, 9.17) is 0 Å². The first-order valence-corrected chi connectivity index (χ1v) is 8.50. The number of nitro benzene ring substituents is 2. The highest BCUT2D eigenvalue weighted by Crippen LogP contribution is 2.29. The smallest absolute Gasteiger partial charge is 0.272 e. The maximum atomic E-state index is 12.3. The van der Waals surface area contributed by atoms with Gasteiger partial charge in [0.1, 0.15) is 0 Å². The summed E-state index contributed by atoms with van der Waals surface area (Å²) in [6, 6.07) is 10.1. The summed E-state index contributed by atoms with van der Waals surface area (Å²) in [6.45, 7) is 1.65. The summed E-state index contributed by atoms with van der Waals surface area (Å²) in [6.07, 6.45) is 0. The Labute approximate surface area is 156 Å². The van der Waals surface area contributed by atoms with E-state index in [1.165, 1.54) is 30.3 Å². The summed E-state index contributed by atoms with van der Waals surface area (Å²) in [5, 5.41) is 26.4. The van der Waals surface area contributed by atoms with Crippen molar-refractivity contribution in [2.45, 2.75) is 6.92 Å². The maximum Gasteiger partial charge on any atom is 0.272 e. The van der Waals surface area contributed by atoms with E-state index >= 15 is 0 Å². The third kappa shape index (κ3) is 3.96. The zero-order valence-electron chi connectivity index (χ0n) is 13.9. The number of non-ortho nitro benzene ring substituents is 1. The summed E-state index contributed by atoms with van der Waals surface area (Å²) < 4.78 is 0. The highest BCUT2D eigenvalue weighted by molar-refractivity contribution is 7.14. The Morgan fingerprint density at radius 1 is 1.11 bits per heavy atom. The molecule has 0 aliphatic rings. The lowest BCUT2D eigenvalue weighted by Crippen LogP contribution is -2.11. The molecule has 0 atom stereocenters. The van der Waals surface area contributed by atoms with Crippen molar-refractivity contribution in [2.75, 3.05) is 5.32 Å². The molecule has 0 aliphatic heterocycles. The molecule has 0 bridgehead atoms. The van der Waals surface area contributed by atoms with Gasteiger partial charge in [0.05, 0.1) is 15.5 Å². The Balaban J connectivity index is 1.81. The number of hydrogen-bond donors (Lipinski definition) is 1. The molecule has 27 heavy (non-hydrogen) atoms. The third-order valence-corrected chi connectivity index (χ3v) is 4.50. The lowest BCUT2D eigenvalue weighted by molar-refractivity contribution is -0.385. The molecule has 0 unspecified atom stereocenters. The highest BCUT2D eigenvalue weighted by atomic mass is 32.1. The molecular weight excluding hydrogens is 372 g/mol. The maximum absolute atomic E-state index is 12.3. The lowest BCUT2D eigenvalue weighted by atomic mass is 10.1. The minimum atomic E-state index is -0.581. The van der Waals surface area contributed by atoms with Crippen molar-refractivity contribution in [3.8, 4) is 11.3 Å². The minimum absolute atomic E-state index is 0.0114. The van der Waals surface area contributed by atoms with Gasteiger partial charge >= 0.3 is 0 Å². The summed E-state index contributed by atoms with van der Waals surface area (Å²) in [7, 11) is 0. The Bertz CT molecular complexity index is 1060. The van der Waals surface area contributed by atoms with Gasteiger partial charge in [-0.1, -0.05) is 18.2 Å². The Hall–Kier alpha value is -3.66. The molecule has 3 rings (SSSR count). The van der Waals surface area contributed by atoms with E-state index in [1.807, 2.05) is 0 Å². The normalized spacial score (nSPS) is 10.4. The summed E-state index contributed by atoms with van der Waals surface area (Å²) in [5.74, 6) is -0.533. The number of nitrogens with one attached hydrogen (secondary N) is 1. The van der Waals surface area contributed by atoms with Gasteiger partial charge in [0.25, 0.3) is 17.3 Å². The number of nitro groups is 2. The van der Waals surface area contributed by atoms with Crippen molar-refractivity contribution in [3.05, 3.63) is 79.2 Å². The molecule has 0 radical (unpaired) electrons. The van der Waals surface area contributed by atoms with Crippen molar-refractivity contribution < 1.29 is 14.6 Å². The van der Waals surface area contributed by atoms with Gasteiger partial charge in [-0.2, -0.15) is 0 Å². The van der Waals surface area contributed by atoms with E-state index in [-0.39, 0.29) is 22.1 Å². The van der Waals surface area contributed by atoms with Crippen LogP contribution in [0.5, 0.6) is 0 Å². The Morgan fingerprint density at radius 2 is 1.89 bits per heavy atom. The SMILES string of the molecule is Cc1ccc(-c2csc(NC(=O)c3cccc([N+](=O)[O-])c3)n2)cc1[N+](=O)[O-]. The molecule has 0 saturated carbocycles. The highest BCUT2D eigenvalue weighted by Gasteiger charge is 2.16. The minimum Gasteiger partial charge on any atom is -0.298 e. The van der Waals surface area contributed by atoms with Crippen LogP contribution in [0.15, 0.2) is 47.8 Å². The number of carbonyl (C=O) groups is 1. The zero-order chi connectivity index (χ0) is 19.6. The van der Waals surface area contributed by atoms with Crippen LogP contribution in [0.25, 0.3) is 11.3 Å². The molecule has 9 nitrogen and oxygen atoms in total. The number of nitrogens with zero attached hydrogens (tertiary/aromatic N) is 3. The van der Waals surface area contributed by atoms with Crippen molar-refractivity contribution in [2.24, 2.45) is 0 Å². The number of anilines is 1. The molecule has 0 fully saturated rings. The number of thiazole rings is 1. The molecule has 3 aromatic rings.